The molecule has 1 spiro atoms. The minimum atomic E-state index is -0.272. The van der Waals surface area contributed by atoms with Gasteiger partial charge in [-0.1, -0.05) is 36.4 Å². The number of nitrogens with zero attached hydrogens (tertiary/aromatic N) is 1. The van der Waals surface area contributed by atoms with E-state index in [0.717, 1.165) is 25.7 Å². The number of fused-ring (bicyclic) bond motifs is 3. The summed E-state index contributed by atoms with van der Waals surface area (Å²) in [7, 11) is 0. The van der Waals surface area contributed by atoms with Gasteiger partial charge in [0.05, 0.1) is 23.6 Å². The van der Waals surface area contributed by atoms with E-state index in [4.69, 9.17) is 0 Å². The summed E-state index contributed by atoms with van der Waals surface area (Å²) < 4.78 is 0. The smallest absolute Gasteiger partial charge is 0.230 e. The Bertz CT molecular complexity index is 628. The highest BCUT2D eigenvalue weighted by Gasteiger charge is 2.60. The van der Waals surface area contributed by atoms with E-state index in [1.54, 1.807) is 0 Å². The number of aliphatic hydroxyl groups is 1. The topological polar surface area (TPSA) is 40.5 Å². The molecule has 2 aliphatic heterocycles. The summed E-state index contributed by atoms with van der Waals surface area (Å²) in [6.45, 7) is 2.22. The van der Waals surface area contributed by atoms with Crippen molar-refractivity contribution in [1.82, 2.24) is 4.90 Å². The molecular weight excluding hydrogens is 262 g/mol. The van der Waals surface area contributed by atoms with Crippen molar-refractivity contribution in [2.24, 2.45) is 5.41 Å². The predicted molar refractivity (Wildman–Crippen MR) is 80.6 cm³/mol. The van der Waals surface area contributed by atoms with Crippen LogP contribution in [-0.4, -0.2) is 28.6 Å². The zero-order valence-corrected chi connectivity index (χ0v) is 12.4. The summed E-state index contributed by atoms with van der Waals surface area (Å²) in [5, 5.41) is 9.82. The molecule has 1 aliphatic carbocycles. The summed E-state index contributed by atoms with van der Waals surface area (Å²) in [5.74, 6) is 0.239. The number of rotatable bonds is 1. The third-order valence-electron chi connectivity index (χ3n) is 5.70. The summed E-state index contributed by atoms with van der Waals surface area (Å²) in [4.78, 5) is 15.1. The molecule has 1 saturated heterocycles. The molecule has 1 N–H and O–H groups in total. The fraction of sp³-hybridized carbons (Fsp3) is 0.500. The largest absolute Gasteiger partial charge is 0.394 e. The van der Waals surface area contributed by atoms with Gasteiger partial charge < -0.3 is 10.0 Å². The van der Waals surface area contributed by atoms with Gasteiger partial charge in [-0.25, -0.2) is 0 Å². The molecule has 0 radical (unpaired) electrons. The van der Waals surface area contributed by atoms with Crippen LogP contribution in [0.2, 0.25) is 0 Å². The molecular formula is C18H21NO2. The molecule has 3 heteroatoms. The molecule has 110 valence electrons. The van der Waals surface area contributed by atoms with Gasteiger partial charge in [-0.3, -0.25) is 4.79 Å². The first-order valence-electron chi connectivity index (χ1n) is 7.79. The van der Waals surface area contributed by atoms with Crippen LogP contribution < -0.4 is 0 Å². The van der Waals surface area contributed by atoms with Gasteiger partial charge in [0.2, 0.25) is 5.91 Å². The zero-order chi connectivity index (χ0) is 14.7. The van der Waals surface area contributed by atoms with Crippen molar-refractivity contribution in [3.63, 3.8) is 0 Å². The minimum Gasteiger partial charge on any atom is -0.394 e. The molecule has 2 heterocycles. The summed E-state index contributed by atoms with van der Waals surface area (Å²) in [6.07, 6.45) is 7.59. The van der Waals surface area contributed by atoms with E-state index in [2.05, 4.69) is 43.3 Å². The summed E-state index contributed by atoms with van der Waals surface area (Å²) >= 11 is 0. The number of carbonyl (C=O) groups excluding carboxylic acids is 1. The second-order valence-electron chi connectivity index (χ2n) is 6.98. The number of allylic oxidation sites excluding steroid dienone is 2. The molecule has 21 heavy (non-hydrogen) atoms. The van der Waals surface area contributed by atoms with Gasteiger partial charge in [-0.2, -0.15) is 0 Å². The lowest BCUT2D eigenvalue weighted by Crippen LogP contribution is -2.54. The van der Waals surface area contributed by atoms with E-state index in [1.165, 1.54) is 11.1 Å². The Kier molecular flexibility index (Phi) is 2.62. The van der Waals surface area contributed by atoms with Gasteiger partial charge in [-0.15, -0.1) is 0 Å². The Morgan fingerprint density at radius 2 is 2.00 bits per heavy atom. The Morgan fingerprint density at radius 3 is 2.71 bits per heavy atom. The molecule has 0 bridgehead atoms. The van der Waals surface area contributed by atoms with Crippen LogP contribution in [0.15, 0.2) is 36.4 Å². The normalized spacial score (nSPS) is 32.6. The maximum absolute atomic E-state index is 13.1. The van der Waals surface area contributed by atoms with Crippen molar-refractivity contribution >= 4 is 5.91 Å². The van der Waals surface area contributed by atoms with Gasteiger partial charge in [-0.05, 0) is 43.7 Å². The Labute approximate surface area is 125 Å². The molecule has 1 fully saturated rings. The monoisotopic (exact) mass is 283 g/mol. The van der Waals surface area contributed by atoms with Crippen LogP contribution in [0.4, 0.5) is 0 Å². The van der Waals surface area contributed by atoms with Crippen molar-refractivity contribution in [3.8, 4) is 0 Å². The van der Waals surface area contributed by atoms with Crippen molar-refractivity contribution in [2.75, 3.05) is 6.61 Å². The highest BCUT2D eigenvalue weighted by Crippen LogP contribution is 2.57. The van der Waals surface area contributed by atoms with Gasteiger partial charge in [0.1, 0.15) is 0 Å². The van der Waals surface area contributed by atoms with Crippen molar-refractivity contribution in [2.45, 2.75) is 44.2 Å². The SMILES string of the molecule is C[C@]12CC3(CC=CC3)C(=O)N1[C@H](CO)Cc1ccccc12. The number of benzene rings is 1. The maximum Gasteiger partial charge on any atom is 0.230 e. The number of aliphatic hydroxyl groups excluding tert-OH is 1. The van der Waals surface area contributed by atoms with Crippen LogP contribution in [0.1, 0.15) is 37.3 Å². The second kappa shape index (κ2) is 4.20. The quantitative estimate of drug-likeness (QED) is 0.804. The first kappa shape index (κ1) is 13.1. The van der Waals surface area contributed by atoms with Gasteiger partial charge in [0.15, 0.2) is 0 Å². The van der Waals surface area contributed by atoms with Crippen LogP contribution in [0.3, 0.4) is 0 Å². The van der Waals surface area contributed by atoms with E-state index in [1.807, 2.05) is 4.90 Å². The molecule has 1 amide bonds. The van der Waals surface area contributed by atoms with Crippen molar-refractivity contribution < 1.29 is 9.90 Å². The lowest BCUT2D eigenvalue weighted by molar-refractivity contribution is -0.142. The lowest BCUT2D eigenvalue weighted by Gasteiger charge is -2.45. The summed E-state index contributed by atoms with van der Waals surface area (Å²) in [6, 6.07) is 8.32. The molecule has 4 rings (SSSR count). The van der Waals surface area contributed by atoms with Crippen molar-refractivity contribution in [1.29, 1.82) is 0 Å². The highest BCUT2D eigenvalue weighted by atomic mass is 16.3. The number of hydrogen-bond donors (Lipinski definition) is 1. The predicted octanol–water partition coefficient (Wildman–Crippen LogP) is 2.39. The average molecular weight is 283 g/mol. The van der Waals surface area contributed by atoms with E-state index in [0.29, 0.717) is 0 Å². The number of carbonyl (C=O) groups is 1. The van der Waals surface area contributed by atoms with E-state index < -0.39 is 0 Å². The number of hydrogen-bond acceptors (Lipinski definition) is 2. The maximum atomic E-state index is 13.1. The van der Waals surface area contributed by atoms with E-state index >= 15 is 0 Å². The Hall–Kier alpha value is -1.61. The molecule has 3 nitrogen and oxygen atoms in total. The first-order valence-corrected chi connectivity index (χ1v) is 7.79. The molecule has 0 unspecified atom stereocenters. The number of amides is 1. The second-order valence-corrected chi connectivity index (χ2v) is 6.98. The molecule has 1 aromatic rings. The van der Waals surface area contributed by atoms with Gasteiger partial charge in [0, 0.05) is 0 Å². The third kappa shape index (κ3) is 1.55. The standard InChI is InChI=1S/C18H21NO2/c1-17-12-18(8-4-5-9-18)16(21)19(17)14(11-20)10-13-6-2-3-7-15(13)17/h2-7,14,20H,8-12H2,1H3/t14-,17+/m0/s1. The van der Waals surface area contributed by atoms with Crippen LogP contribution >= 0.6 is 0 Å². The average Bonchev–Trinajstić information content (AvgIpc) is 3.03. The first-order chi connectivity index (χ1) is 10.1. The van der Waals surface area contributed by atoms with Gasteiger partial charge in [0.25, 0.3) is 0 Å². The van der Waals surface area contributed by atoms with Crippen LogP contribution in [0, 0.1) is 5.41 Å². The molecule has 0 saturated carbocycles. The van der Waals surface area contributed by atoms with Crippen LogP contribution in [0.5, 0.6) is 0 Å². The summed E-state index contributed by atoms with van der Waals surface area (Å²) in [5.41, 5.74) is 2.02. The molecule has 0 aromatic heterocycles. The molecule has 3 aliphatic rings. The third-order valence-corrected chi connectivity index (χ3v) is 5.70. The minimum absolute atomic E-state index is 0.0408. The lowest BCUT2D eigenvalue weighted by atomic mass is 9.74. The highest BCUT2D eigenvalue weighted by molar-refractivity contribution is 5.88. The Morgan fingerprint density at radius 1 is 1.29 bits per heavy atom. The van der Waals surface area contributed by atoms with Gasteiger partial charge >= 0.3 is 0 Å². The fourth-order valence-corrected chi connectivity index (χ4v) is 4.83. The molecule has 1 aromatic carbocycles. The van der Waals surface area contributed by atoms with Crippen LogP contribution in [-0.2, 0) is 16.8 Å². The van der Waals surface area contributed by atoms with Crippen molar-refractivity contribution in [3.05, 3.63) is 47.5 Å². The fourth-order valence-electron chi connectivity index (χ4n) is 4.83. The van der Waals surface area contributed by atoms with E-state index in [9.17, 15) is 9.90 Å². The zero-order valence-electron chi connectivity index (χ0n) is 12.4. The van der Waals surface area contributed by atoms with E-state index in [-0.39, 0.29) is 29.5 Å². The van der Waals surface area contributed by atoms with Crippen LogP contribution in [0.25, 0.3) is 0 Å². The Balaban J connectivity index is 1.88. The molecule has 2 atom stereocenters.